The predicted octanol–water partition coefficient (Wildman–Crippen LogP) is 3.48. The van der Waals surface area contributed by atoms with Gasteiger partial charge in [0.2, 0.25) is 0 Å². The number of ether oxygens (including phenoxy) is 2. The van der Waals surface area contributed by atoms with Gasteiger partial charge in [0.1, 0.15) is 11.5 Å². The maximum atomic E-state index is 6.00. The zero-order valence-electron chi connectivity index (χ0n) is 18.5. The second-order valence-electron chi connectivity index (χ2n) is 7.98. The normalized spacial score (nSPS) is 19.9. The quantitative estimate of drug-likeness (QED) is 0.219. The van der Waals surface area contributed by atoms with Gasteiger partial charge in [-0.25, -0.2) is 0 Å². The van der Waals surface area contributed by atoms with Crippen molar-refractivity contribution < 1.29 is 13.9 Å². The molecule has 1 aromatic rings. The Morgan fingerprint density at radius 3 is 2.63 bits per heavy atom. The Hall–Kier alpha value is -0.840. The third-order valence-corrected chi connectivity index (χ3v) is 5.78. The van der Waals surface area contributed by atoms with E-state index in [1.54, 1.807) is 0 Å². The van der Waals surface area contributed by atoms with Crippen LogP contribution < -0.4 is 10.6 Å². The number of hydrogen-bond acceptors (Lipinski definition) is 5. The van der Waals surface area contributed by atoms with E-state index in [0.29, 0.717) is 6.10 Å². The van der Waals surface area contributed by atoms with Gasteiger partial charge in [0, 0.05) is 39.8 Å². The lowest BCUT2D eigenvalue weighted by Crippen LogP contribution is -2.46. The number of nitrogens with one attached hydrogen (secondary N) is 2. The third-order valence-electron chi connectivity index (χ3n) is 5.78. The van der Waals surface area contributed by atoms with E-state index in [1.165, 1.54) is 32.1 Å². The highest BCUT2D eigenvalue weighted by atomic mass is 127. The lowest BCUT2D eigenvalue weighted by atomic mass is 9.98. The fourth-order valence-corrected chi connectivity index (χ4v) is 4.11. The molecule has 2 heterocycles. The van der Waals surface area contributed by atoms with Gasteiger partial charge in [-0.2, -0.15) is 0 Å². The molecule has 1 atom stereocenters. The summed E-state index contributed by atoms with van der Waals surface area (Å²) in [5.41, 5.74) is 0. The van der Waals surface area contributed by atoms with Gasteiger partial charge < -0.3 is 24.5 Å². The summed E-state index contributed by atoms with van der Waals surface area (Å²) in [6.45, 7) is 7.77. The molecule has 2 aliphatic rings. The number of morpholine rings is 1. The average Bonchev–Trinajstić information content (AvgIpc) is 3.19. The average molecular weight is 534 g/mol. The zero-order chi connectivity index (χ0) is 20.3. The van der Waals surface area contributed by atoms with Crippen molar-refractivity contribution in [1.82, 2.24) is 15.5 Å². The molecule has 1 unspecified atom stereocenters. The minimum atomic E-state index is 0. The smallest absolute Gasteiger partial charge is 0.191 e. The minimum absolute atomic E-state index is 0. The molecule has 0 amide bonds. The number of halogens is 1. The Morgan fingerprint density at radius 2 is 1.97 bits per heavy atom. The second kappa shape index (κ2) is 14.3. The van der Waals surface area contributed by atoms with Crippen LogP contribution >= 0.6 is 24.0 Å². The van der Waals surface area contributed by atoms with Gasteiger partial charge in [-0.15, -0.1) is 24.0 Å². The molecule has 2 fully saturated rings. The number of guanidine groups is 1. The molecule has 1 saturated carbocycles. The zero-order valence-corrected chi connectivity index (χ0v) is 20.9. The topological polar surface area (TPSA) is 71.3 Å². The summed E-state index contributed by atoms with van der Waals surface area (Å²) in [4.78, 5) is 6.79. The van der Waals surface area contributed by atoms with Gasteiger partial charge in [0.15, 0.2) is 5.96 Å². The van der Waals surface area contributed by atoms with Crippen LogP contribution in [0.15, 0.2) is 21.5 Å². The second-order valence-corrected chi connectivity index (χ2v) is 7.98. The van der Waals surface area contributed by atoms with E-state index < -0.39 is 0 Å². The number of furan rings is 1. The lowest BCUT2D eigenvalue weighted by Gasteiger charge is -2.33. The van der Waals surface area contributed by atoms with Crippen LogP contribution in [0, 0.1) is 6.92 Å². The van der Waals surface area contributed by atoms with Crippen LogP contribution in [0.1, 0.15) is 56.1 Å². The standard InChI is InChI=1S/C22H38N4O3.HI/c1-18-9-10-21(29-18)20(26-12-15-27-16-13-26)17-25-22(23-2)24-11-6-14-28-19-7-4-3-5-8-19;/h9-10,19-20H,3-8,11-17H2,1-2H3,(H2,23,24,25);1H. The van der Waals surface area contributed by atoms with Crippen molar-refractivity contribution >= 4 is 29.9 Å². The van der Waals surface area contributed by atoms with Crippen molar-refractivity contribution in [1.29, 1.82) is 0 Å². The van der Waals surface area contributed by atoms with E-state index in [9.17, 15) is 0 Å². The molecule has 1 aliphatic carbocycles. The van der Waals surface area contributed by atoms with E-state index >= 15 is 0 Å². The van der Waals surface area contributed by atoms with Crippen LogP contribution in [0.25, 0.3) is 0 Å². The number of nitrogens with zero attached hydrogens (tertiary/aromatic N) is 2. The van der Waals surface area contributed by atoms with Crippen LogP contribution in [0.2, 0.25) is 0 Å². The number of rotatable bonds is 9. The molecule has 2 N–H and O–H groups in total. The molecule has 1 aliphatic heterocycles. The van der Waals surface area contributed by atoms with Crippen LogP contribution in [0.3, 0.4) is 0 Å². The summed E-state index contributed by atoms with van der Waals surface area (Å²) >= 11 is 0. The van der Waals surface area contributed by atoms with Crippen LogP contribution in [-0.4, -0.2) is 70.0 Å². The molecular weight excluding hydrogens is 495 g/mol. The molecular formula is C22H39IN4O3. The van der Waals surface area contributed by atoms with Gasteiger partial charge in [-0.1, -0.05) is 19.3 Å². The van der Waals surface area contributed by atoms with Crippen molar-refractivity contribution in [3.8, 4) is 0 Å². The summed E-state index contributed by atoms with van der Waals surface area (Å²) in [5.74, 6) is 2.76. The van der Waals surface area contributed by atoms with Crippen molar-refractivity contribution in [2.75, 3.05) is 53.0 Å². The summed E-state index contributed by atoms with van der Waals surface area (Å²) in [6, 6.07) is 4.28. The first-order valence-corrected chi connectivity index (χ1v) is 11.2. The van der Waals surface area contributed by atoms with Crippen molar-refractivity contribution in [2.24, 2.45) is 4.99 Å². The van der Waals surface area contributed by atoms with E-state index in [2.05, 4.69) is 26.6 Å². The fraction of sp³-hybridized carbons (Fsp3) is 0.773. The van der Waals surface area contributed by atoms with Gasteiger partial charge in [-0.3, -0.25) is 9.89 Å². The van der Waals surface area contributed by atoms with E-state index in [0.717, 1.165) is 69.9 Å². The third kappa shape index (κ3) is 8.36. The first kappa shape index (κ1) is 25.4. The monoisotopic (exact) mass is 534 g/mol. The molecule has 172 valence electrons. The maximum absolute atomic E-state index is 6.00. The molecule has 0 aromatic carbocycles. The van der Waals surface area contributed by atoms with Crippen LogP contribution in [0.4, 0.5) is 0 Å². The Labute approximate surface area is 198 Å². The highest BCUT2D eigenvalue weighted by Gasteiger charge is 2.25. The Bertz CT molecular complexity index is 613. The molecule has 1 aromatic heterocycles. The van der Waals surface area contributed by atoms with E-state index in [-0.39, 0.29) is 30.0 Å². The summed E-state index contributed by atoms with van der Waals surface area (Å²) in [5, 5.41) is 6.88. The molecule has 7 nitrogen and oxygen atoms in total. The lowest BCUT2D eigenvalue weighted by molar-refractivity contribution is 0.0124. The first-order valence-electron chi connectivity index (χ1n) is 11.2. The minimum Gasteiger partial charge on any atom is -0.465 e. The summed E-state index contributed by atoms with van der Waals surface area (Å²) < 4.78 is 17.5. The highest BCUT2D eigenvalue weighted by Crippen LogP contribution is 2.23. The molecule has 1 saturated heterocycles. The van der Waals surface area contributed by atoms with Gasteiger partial charge in [-0.05, 0) is 38.3 Å². The van der Waals surface area contributed by atoms with Crippen LogP contribution in [-0.2, 0) is 9.47 Å². The van der Waals surface area contributed by atoms with E-state index in [1.807, 2.05) is 20.0 Å². The molecule has 8 heteroatoms. The Kier molecular flexibility index (Phi) is 12.1. The predicted molar refractivity (Wildman–Crippen MR) is 131 cm³/mol. The van der Waals surface area contributed by atoms with Gasteiger partial charge in [0.05, 0.1) is 25.4 Å². The van der Waals surface area contributed by atoms with Crippen molar-refractivity contribution in [2.45, 2.75) is 57.6 Å². The molecule has 0 radical (unpaired) electrons. The SMILES string of the molecule is CN=C(NCCCOC1CCCCC1)NCC(c1ccc(C)o1)N1CCOCC1.I. The highest BCUT2D eigenvalue weighted by molar-refractivity contribution is 14.0. The molecule has 3 rings (SSSR count). The fourth-order valence-electron chi connectivity index (χ4n) is 4.11. The molecule has 0 spiro atoms. The first-order chi connectivity index (χ1) is 14.3. The number of hydrogen-bond donors (Lipinski definition) is 2. The van der Waals surface area contributed by atoms with E-state index in [4.69, 9.17) is 13.9 Å². The number of aliphatic imine (C=N–C) groups is 1. The molecule has 30 heavy (non-hydrogen) atoms. The Morgan fingerprint density at radius 1 is 1.20 bits per heavy atom. The largest absolute Gasteiger partial charge is 0.465 e. The van der Waals surface area contributed by atoms with Crippen molar-refractivity contribution in [3.05, 3.63) is 23.7 Å². The number of aryl methyl sites for hydroxylation is 1. The van der Waals surface area contributed by atoms with Crippen LogP contribution in [0.5, 0.6) is 0 Å². The summed E-state index contributed by atoms with van der Waals surface area (Å²) in [7, 11) is 1.81. The Balaban J connectivity index is 0.00000320. The summed E-state index contributed by atoms with van der Waals surface area (Å²) in [6.07, 6.45) is 7.93. The maximum Gasteiger partial charge on any atom is 0.191 e. The molecule has 0 bridgehead atoms. The van der Waals surface area contributed by atoms with Gasteiger partial charge in [0.25, 0.3) is 0 Å². The van der Waals surface area contributed by atoms with Crippen molar-refractivity contribution in [3.63, 3.8) is 0 Å². The van der Waals surface area contributed by atoms with Gasteiger partial charge >= 0.3 is 0 Å².